The molecular formula is C15H14N3O+. The van der Waals surface area contributed by atoms with Crippen molar-refractivity contribution >= 4 is 11.9 Å². The Morgan fingerprint density at radius 2 is 1.37 bits per heavy atom. The third kappa shape index (κ3) is 5.35. The summed E-state index contributed by atoms with van der Waals surface area (Å²) in [5, 5.41) is 0. The molecule has 0 fully saturated rings. The molecule has 19 heavy (non-hydrogen) atoms. The molecule has 0 aliphatic carbocycles. The summed E-state index contributed by atoms with van der Waals surface area (Å²) < 4.78 is 0. The second kappa shape index (κ2) is 8.28. The molecule has 2 N–H and O–H groups in total. The van der Waals surface area contributed by atoms with E-state index in [9.17, 15) is 4.79 Å². The van der Waals surface area contributed by atoms with E-state index in [0.29, 0.717) is 0 Å². The molecule has 4 nitrogen and oxygen atoms in total. The Labute approximate surface area is 111 Å². The summed E-state index contributed by atoms with van der Waals surface area (Å²) in [5.74, 6) is 0.0319. The first-order valence-corrected chi connectivity index (χ1v) is 5.63. The number of nitrogens with one attached hydrogen (secondary N) is 2. The van der Waals surface area contributed by atoms with Crippen molar-refractivity contribution < 1.29 is 4.79 Å². The highest BCUT2D eigenvalue weighted by Gasteiger charge is 1.98. The molecule has 2 aromatic carbocycles. The van der Waals surface area contributed by atoms with Gasteiger partial charge in [-0.2, -0.15) is 0 Å². The lowest BCUT2D eigenvalue weighted by Crippen LogP contribution is -1.92. The topological polar surface area (TPSA) is 78.9 Å². The molecular weight excluding hydrogens is 238 g/mol. The Kier molecular flexibility index (Phi) is 6.20. The van der Waals surface area contributed by atoms with Gasteiger partial charge in [0.05, 0.1) is 0 Å². The lowest BCUT2D eigenvalue weighted by Gasteiger charge is -1.94. The van der Waals surface area contributed by atoms with E-state index in [0.717, 1.165) is 11.1 Å². The van der Waals surface area contributed by atoms with E-state index in [2.05, 4.69) is 0 Å². The summed E-state index contributed by atoms with van der Waals surface area (Å²) >= 11 is 0. The predicted octanol–water partition coefficient (Wildman–Crippen LogP) is 3.70. The number of carbonyl (C=O) groups is 1. The SMILES string of the molecule is N=[N+]=N.O=C(C=Cc1ccccc1)c1ccccc1. The van der Waals surface area contributed by atoms with Gasteiger partial charge in [-0.15, -0.1) is 0 Å². The van der Waals surface area contributed by atoms with Crippen molar-refractivity contribution in [3.05, 3.63) is 77.9 Å². The van der Waals surface area contributed by atoms with Gasteiger partial charge in [-0.05, 0) is 11.6 Å². The van der Waals surface area contributed by atoms with Crippen molar-refractivity contribution in [3.8, 4) is 0 Å². The zero-order chi connectivity index (χ0) is 13.9. The first kappa shape index (κ1) is 14.2. The fourth-order valence-electron chi connectivity index (χ4n) is 1.43. The Bertz CT molecular complexity index is 571. The maximum absolute atomic E-state index is 11.7. The Hall–Kier alpha value is -2.84. The minimum Gasteiger partial charge on any atom is -0.289 e. The second-order valence-electron chi connectivity index (χ2n) is 3.59. The zero-order valence-corrected chi connectivity index (χ0v) is 10.3. The monoisotopic (exact) mass is 252 g/mol. The van der Waals surface area contributed by atoms with Gasteiger partial charge < -0.3 is 0 Å². The Morgan fingerprint density at radius 3 is 1.89 bits per heavy atom. The van der Waals surface area contributed by atoms with E-state index in [1.54, 1.807) is 6.08 Å². The van der Waals surface area contributed by atoms with Crippen LogP contribution in [0, 0.1) is 11.1 Å². The van der Waals surface area contributed by atoms with Gasteiger partial charge in [0.1, 0.15) is 11.1 Å². The first-order valence-electron chi connectivity index (χ1n) is 5.63. The van der Waals surface area contributed by atoms with Crippen LogP contribution >= 0.6 is 0 Å². The molecule has 0 saturated carbocycles. The van der Waals surface area contributed by atoms with Gasteiger partial charge in [0, 0.05) is 5.56 Å². The molecule has 0 bridgehead atoms. The largest absolute Gasteiger partial charge is 0.289 e. The molecule has 0 atom stereocenters. The van der Waals surface area contributed by atoms with Crippen LogP contribution < -0.4 is 4.91 Å². The number of nitrogens with zero attached hydrogens (tertiary/aromatic N) is 1. The number of ketones is 1. The normalized spacial score (nSPS) is 9.26. The van der Waals surface area contributed by atoms with Crippen molar-refractivity contribution in [2.24, 2.45) is 0 Å². The fourth-order valence-corrected chi connectivity index (χ4v) is 1.43. The van der Waals surface area contributed by atoms with Crippen molar-refractivity contribution in [2.45, 2.75) is 0 Å². The molecule has 0 amide bonds. The van der Waals surface area contributed by atoms with E-state index in [1.807, 2.05) is 71.7 Å². The number of allylic oxidation sites excluding steroid dienone is 1. The third-order valence-corrected chi connectivity index (χ3v) is 2.29. The van der Waals surface area contributed by atoms with E-state index in [4.69, 9.17) is 11.1 Å². The van der Waals surface area contributed by atoms with Gasteiger partial charge in [-0.25, -0.2) is 0 Å². The number of rotatable bonds is 3. The van der Waals surface area contributed by atoms with Crippen LogP contribution in [-0.2, 0) is 0 Å². The summed E-state index contributed by atoms with van der Waals surface area (Å²) in [5.41, 5.74) is 12.8. The van der Waals surface area contributed by atoms with Crippen molar-refractivity contribution in [3.63, 3.8) is 0 Å². The number of hydrogen-bond donors (Lipinski definition) is 2. The van der Waals surface area contributed by atoms with Crippen molar-refractivity contribution in [1.82, 2.24) is 4.91 Å². The molecule has 4 heteroatoms. The summed E-state index contributed by atoms with van der Waals surface area (Å²) in [4.78, 5) is 13.7. The summed E-state index contributed by atoms with van der Waals surface area (Å²) in [7, 11) is 0. The molecule has 94 valence electrons. The summed E-state index contributed by atoms with van der Waals surface area (Å²) in [6.07, 6.45) is 3.43. The van der Waals surface area contributed by atoms with Gasteiger partial charge >= 0.3 is 0 Å². The van der Waals surface area contributed by atoms with Gasteiger partial charge in [0.15, 0.2) is 5.78 Å². The number of hydrogen-bond acceptors (Lipinski definition) is 3. The maximum atomic E-state index is 11.7. The van der Waals surface area contributed by atoms with Crippen LogP contribution in [-0.4, -0.2) is 5.78 Å². The lowest BCUT2D eigenvalue weighted by atomic mass is 10.1. The molecule has 0 heterocycles. The molecule has 0 aliphatic rings. The zero-order valence-electron chi connectivity index (χ0n) is 10.3. The van der Waals surface area contributed by atoms with Crippen LogP contribution in [0.5, 0.6) is 0 Å². The first-order chi connectivity index (χ1) is 9.27. The van der Waals surface area contributed by atoms with Gasteiger partial charge in [-0.1, -0.05) is 66.7 Å². The van der Waals surface area contributed by atoms with E-state index in [1.165, 1.54) is 0 Å². The summed E-state index contributed by atoms with van der Waals surface area (Å²) in [6.45, 7) is 0. The number of carbonyl (C=O) groups excluding carboxylic acids is 1. The predicted molar refractivity (Wildman–Crippen MR) is 73.8 cm³/mol. The molecule has 0 spiro atoms. The quantitative estimate of drug-likeness (QED) is 0.371. The smallest absolute Gasteiger partial charge is 0.211 e. The maximum Gasteiger partial charge on any atom is 0.211 e. The Morgan fingerprint density at radius 1 is 0.895 bits per heavy atom. The number of benzene rings is 2. The minimum atomic E-state index is 0.0319. The van der Waals surface area contributed by atoms with Crippen LogP contribution in [0.2, 0.25) is 0 Å². The van der Waals surface area contributed by atoms with Crippen LogP contribution in [0.1, 0.15) is 15.9 Å². The van der Waals surface area contributed by atoms with E-state index >= 15 is 0 Å². The average Bonchev–Trinajstić information content (AvgIpc) is 2.47. The molecule has 0 saturated heterocycles. The van der Waals surface area contributed by atoms with E-state index in [-0.39, 0.29) is 5.78 Å². The van der Waals surface area contributed by atoms with E-state index < -0.39 is 0 Å². The minimum absolute atomic E-state index is 0.0319. The van der Waals surface area contributed by atoms with Crippen molar-refractivity contribution in [2.75, 3.05) is 0 Å². The highest BCUT2D eigenvalue weighted by atomic mass is 16.1. The molecule has 2 aromatic rings. The van der Waals surface area contributed by atoms with Gasteiger partial charge in [-0.3, -0.25) is 4.79 Å². The second-order valence-corrected chi connectivity index (χ2v) is 3.59. The van der Waals surface area contributed by atoms with Gasteiger partial charge in [0.25, 0.3) is 0 Å². The van der Waals surface area contributed by atoms with Crippen LogP contribution in [0.25, 0.3) is 6.08 Å². The van der Waals surface area contributed by atoms with Crippen LogP contribution in [0.4, 0.5) is 0 Å². The fraction of sp³-hybridized carbons (Fsp3) is 0. The van der Waals surface area contributed by atoms with Crippen molar-refractivity contribution in [1.29, 1.82) is 11.1 Å². The highest BCUT2D eigenvalue weighted by Crippen LogP contribution is 2.05. The molecule has 0 unspecified atom stereocenters. The molecule has 0 radical (unpaired) electrons. The lowest BCUT2D eigenvalue weighted by molar-refractivity contribution is 0.104. The molecule has 2 rings (SSSR count). The van der Waals surface area contributed by atoms with Crippen LogP contribution in [0.15, 0.2) is 66.7 Å². The average molecular weight is 252 g/mol. The summed E-state index contributed by atoms with van der Waals surface area (Å²) in [6, 6.07) is 19.1. The third-order valence-electron chi connectivity index (χ3n) is 2.29. The van der Waals surface area contributed by atoms with Crippen LogP contribution in [0.3, 0.4) is 0 Å². The molecule has 0 aliphatic heterocycles. The van der Waals surface area contributed by atoms with Gasteiger partial charge in [0.2, 0.25) is 4.91 Å². The highest BCUT2D eigenvalue weighted by molar-refractivity contribution is 6.06. The molecule has 0 aromatic heterocycles. The standard InChI is InChI=1S/C15H12O.H2N3/c16-15(14-9-5-2-6-10-14)12-11-13-7-3-1-4-8-13;1-3-2/h1-12H;1-2H/q;+1. The Balaban J connectivity index is 0.000000550.